The van der Waals surface area contributed by atoms with E-state index >= 15 is 0 Å². The van der Waals surface area contributed by atoms with Crippen molar-refractivity contribution in [2.75, 3.05) is 5.84 Å². The van der Waals surface area contributed by atoms with Gasteiger partial charge in [0.1, 0.15) is 0 Å². The summed E-state index contributed by atoms with van der Waals surface area (Å²) >= 11 is 0. The van der Waals surface area contributed by atoms with Gasteiger partial charge >= 0.3 is 5.69 Å². The van der Waals surface area contributed by atoms with Gasteiger partial charge in [0.15, 0.2) is 0 Å². The van der Waals surface area contributed by atoms with Crippen LogP contribution < -0.4 is 17.1 Å². The zero-order valence-electron chi connectivity index (χ0n) is 8.27. The van der Waals surface area contributed by atoms with Crippen LogP contribution in [0.4, 0.5) is 0 Å². The first-order valence-electron chi connectivity index (χ1n) is 4.74. The van der Waals surface area contributed by atoms with E-state index in [1.807, 2.05) is 0 Å². The van der Waals surface area contributed by atoms with Crippen molar-refractivity contribution in [3.8, 4) is 0 Å². The van der Waals surface area contributed by atoms with Crippen LogP contribution in [0.5, 0.6) is 0 Å². The van der Waals surface area contributed by atoms with E-state index in [1.54, 1.807) is 0 Å². The summed E-state index contributed by atoms with van der Waals surface area (Å²) in [6.45, 7) is 2.51. The Morgan fingerprint density at radius 1 is 1.36 bits per heavy atom. The van der Waals surface area contributed by atoms with E-state index in [9.17, 15) is 9.59 Å². The number of unbranched alkanes of at least 4 members (excludes halogenated alkanes) is 2. The molecule has 0 aliphatic rings. The minimum Gasteiger partial charge on any atom is -0.335 e. The number of nitrogens with two attached hydrogens (primary N) is 1. The normalized spacial score (nSPS) is 10.4. The van der Waals surface area contributed by atoms with Crippen LogP contribution in [0.15, 0.2) is 21.9 Å². The van der Waals surface area contributed by atoms with E-state index in [0.29, 0.717) is 6.54 Å². The molecule has 5 heteroatoms. The zero-order chi connectivity index (χ0) is 10.6. The highest BCUT2D eigenvalue weighted by molar-refractivity contribution is 4.85. The molecule has 0 radical (unpaired) electrons. The lowest BCUT2D eigenvalue weighted by Gasteiger charge is -2.04. The van der Waals surface area contributed by atoms with Crippen molar-refractivity contribution in [3.05, 3.63) is 33.1 Å². The molecule has 0 amide bonds. The molecule has 0 aliphatic carbocycles. The monoisotopic (exact) mass is 197 g/mol. The van der Waals surface area contributed by atoms with Crippen molar-refractivity contribution in [2.45, 2.75) is 32.7 Å². The first-order chi connectivity index (χ1) is 6.66. The molecule has 0 unspecified atom stereocenters. The van der Waals surface area contributed by atoms with Crippen LogP contribution in [0.25, 0.3) is 0 Å². The van der Waals surface area contributed by atoms with Gasteiger partial charge in [0.25, 0.3) is 5.56 Å². The molecule has 0 aromatic carbocycles. The number of aromatic nitrogens is 2. The number of hydrogen-bond donors (Lipinski definition) is 1. The maximum atomic E-state index is 11.4. The fourth-order valence-corrected chi connectivity index (χ4v) is 1.26. The molecule has 0 bridgehead atoms. The first kappa shape index (κ1) is 10.6. The molecule has 2 N–H and O–H groups in total. The molecule has 0 saturated heterocycles. The summed E-state index contributed by atoms with van der Waals surface area (Å²) in [5, 5.41) is 0. The summed E-state index contributed by atoms with van der Waals surface area (Å²) < 4.78 is 2.09. The standard InChI is InChI=1S/C9H15N3O2/c1-2-3-4-6-11-8(13)5-7-12(10)9(11)14/h5,7H,2-4,6,10H2,1H3. The number of rotatable bonds is 4. The summed E-state index contributed by atoms with van der Waals surface area (Å²) in [6.07, 6.45) is 4.17. The van der Waals surface area contributed by atoms with Gasteiger partial charge in [0.05, 0.1) is 0 Å². The molecule has 5 nitrogen and oxygen atoms in total. The largest absolute Gasteiger partial charge is 0.349 e. The van der Waals surface area contributed by atoms with Crippen LogP contribution in [-0.4, -0.2) is 9.24 Å². The van der Waals surface area contributed by atoms with Crippen molar-refractivity contribution in [1.29, 1.82) is 0 Å². The van der Waals surface area contributed by atoms with Gasteiger partial charge < -0.3 is 5.84 Å². The second-order valence-electron chi connectivity index (χ2n) is 3.20. The van der Waals surface area contributed by atoms with Gasteiger partial charge in [0.2, 0.25) is 0 Å². The number of nitrogen functional groups attached to an aromatic ring is 1. The maximum absolute atomic E-state index is 11.4. The van der Waals surface area contributed by atoms with Crippen molar-refractivity contribution in [1.82, 2.24) is 9.24 Å². The third-order valence-corrected chi connectivity index (χ3v) is 2.08. The second kappa shape index (κ2) is 4.64. The lowest BCUT2D eigenvalue weighted by molar-refractivity contribution is 0.548. The summed E-state index contributed by atoms with van der Waals surface area (Å²) in [4.78, 5) is 22.7. The van der Waals surface area contributed by atoms with Crippen LogP contribution in [-0.2, 0) is 6.54 Å². The highest BCUT2D eigenvalue weighted by Crippen LogP contribution is 1.93. The van der Waals surface area contributed by atoms with Crippen molar-refractivity contribution < 1.29 is 0 Å². The summed E-state index contributed by atoms with van der Waals surface area (Å²) in [5.74, 6) is 5.34. The lowest BCUT2D eigenvalue weighted by atomic mass is 10.2. The zero-order valence-corrected chi connectivity index (χ0v) is 8.27. The van der Waals surface area contributed by atoms with E-state index in [0.717, 1.165) is 28.5 Å². The van der Waals surface area contributed by atoms with Gasteiger partial charge in [-0.1, -0.05) is 19.8 Å². The Bertz CT molecular complexity index is 405. The number of hydrogen-bond acceptors (Lipinski definition) is 3. The van der Waals surface area contributed by atoms with Crippen molar-refractivity contribution in [2.24, 2.45) is 0 Å². The molecule has 0 fully saturated rings. The third-order valence-electron chi connectivity index (χ3n) is 2.08. The summed E-state index contributed by atoms with van der Waals surface area (Å²) in [5.41, 5.74) is -0.735. The molecule has 0 aliphatic heterocycles. The molecule has 1 heterocycles. The Balaban J connectivity index is 2.90. The smallest absolute Gasteiger partial charge is 0.335 e. The molecule has 78 valence electrons. The molecular weight excluding hydrogens is 182 g/mol. The molecule has 0 spiro atoms. The summed E-state index contributed by atoms with van der Waals surface area (Å²) in [6, 6.07) is 1.30. The van der Waals surface area contributed by atoms with Crippen LogP contribution >= 0.6 is 0 Å². The molecule has 1 rings (SSSR count). The average molecular weight is 197 g/mol. The van der Waals surface area contributed by atoms with Crippen molar-refractivity contribution >= 4 is 0 Å². The fourth-order valence-electron chi connectivity index (χ4n) is 1.26. The summed E-state index contributed by atoms with van der Waals surface area (Å²) in [7, 11) is 0. The topological polar surface area (TPSA) is 70.0 Å². The first-order valence-corrected chi connectivity index (χ1v) is 4.74. The predicted octanol–water partition coefficient (Wildman–Crippen LogP) is -0.0860. The predicted molar refractivity (Wildman–Crippen MR) is 54.6 cm³/mol. The second-order valence-corrected chi connectivity index (χ2v) is 3.20. The Morgan fingerprint density at radius 2 is 2.07 bits per heavy atom. The van der Waals surface area contributed by atoms with Gasteiger partial charge in [0, 0.05) is 18.8 Å². The van der Waals surface area contributed by atoms with Gasteiger partial charge in [-0.3, -0.25) is 9.36 Å². The average Bonchev–Trinajstić information content (AvgIpc) is 2.18. The van der Waals surface area contributed by atoms with E-state index in [2.05, 4.69) is 6.92 Å². The van der Waals surface area contributed by atoms with Gasteiger partial charge in [-0.15, -0.1) is 0 Å². The third kappa shape index (κ3) is 2.25. The van der Waals surface area contributed by atoms with Crippen LogP contribution in [0.3, 0.4) is 0 Å². The Kier molecular flexibility index (Phi) is 3.50. The van der Waals surface area contributed by atoms with Gasteiger partial charge in [-0.2, -0.15) is 0 Å². The minimum atomic E-state index is -0.450. The van der Waals surface area contributed by atoms with Gasteiger partial charge in [-0.05, 0) is 6.42 Å². The van der Waals surface area contributed by atoms with E-state index in [4.69, 9.17) is 5.84 Å². The van der Waals surface area contributed by atoms with Crippen LogP contribution in [0.1, 0.15) is 26.2 Å². The quantitative estimate of drug-likeness (QED) is 0.542. The van der Waals surface area contributed by atoms with E-state index in [-0.39, 0.29) is 5.56 Å². The molecule has 0 saturated carbocycles. The lowest BCUT2D eigenvalue weighted by Crippen LogP contribution is -2.41. The molecule has 14 heavy (non-hydrogen) atoms. The maximum Gasteiger partial charge on any atom is 0.349 e. The van der Waals surface area contributed by atoms with Crippen LogP contribution in [0.2, 0.25) is 0 Å². The molecule has 1 aromatic heterocycles. The van der Waals surface area contributed by atoms with Crippen LogP contribution in [0, 0.1) is 0 Å². The Hall–Kier alpha value is -1.52. The Morgan fingerprint density at radius 3 is 2.71 bits per heavy atom. The van der Waals surface area contributed by atoms with Gasteiger partial charge in [-0.25, -0.2) is 9.47 Å². The molecule has 1 aromatic rings. The van der Waals surface area contributed by atoms with Crippen molar-refractivity contribution in [3.63, 3.8) is 0 Å². The Labute approximate surface area is 81.7 Å². The number of nitrogens with zero attached hydrogens (tertiary/aromatic N) is 2. The minimum absolute atomic E-state index is 0.284. The fraction of sp³-hybridized carbons (Fsp3) is 0.556. The molecular formula is C9H15N3O2. The SMILES string of the molecule is CCCCCn1c(=O)ccn(N)c1=O. The van der Waals surface area contributed by atoms with E-state index in [1.165, 1.54) is 12.3 Å². The molecule has 0 atom stereocenters. The highest BCUT2D eigenvalue weighted by Gasteiger charge is 2.01. The highest BCUT2D eigenvalue weighted by atomic mass is 16.2. The van der Waals surface area contributed by atoms with E-state index < -0.39 is 5.69 Å².